The first-order valence-corrected chi connectivity index (χ1v) is 27.7. The number of hydrogen-bond donors (Lipinski definition) is 0. The van der Waals surface area contributed by atoms with Gasteiger partial charge in [-0.3, -0.25) is 14.4 Å². The van der Waals surface area contributed by atoms with Crippen molar-refractivity contribution in [2.75, 3.05) is 13.2 Å². The smallest absolute Gasteiger partial charge is 0.306 e. The summed E-state index contributed by atoms with van der Waals surface area (Å²) in [5, 5.41) is 0. The Morgan fingerprint density at radius 1 is 0.304 bits per heavy atom. The molecule has 6 nitrogen and oxygen atoms in total. The topological polar surface area (TPSA) is 78.9 Å². The summed E-state index contributed by atoms with van der Waals surface area (Å²) >= 11 is 0. The molecule has 0 fully saturated rings. The molecule has 0 unspecified atom stereocenters. The molecule has 0 aliphatic carbocycles. The molecule has 0 amide bonds. The normalized spacial score (nSPS) is 13.1. The fourth-order valence-electron chi connectivity index (χ4n) is 6.98. The Bertz CT molecular complexity index is 1510. The highest BCUT2D eigenvalue weighted by atomic mass is 16.6. The minimum absolute atomic E-state index is 0.133. The third-order valence-corrected chi connectivity index (χ3v) is 11.1. The van der Waals surface area contributed by atoms with Crippen molar-refractivity contribution in [3.63, 3.8) is 0 Å². The molecule has 0 aliphatic heterocycles. The number of allylic oxidation sites excluding steroid dienone is 22. The molecule has 0 rings (SSSR count). The molecule has 0 heterocycles. The van der Waals surface area contributed by atoms with E-state index in [9.17, 15) is 14.4 Å². The standard InChI is InChI=1S/C63H100O6/c1-4-7-10-13-16-19-22-25-28-30-31-33-35-38-41-44-47-50-53-56-62(65)68-59-60(58-67-61(64)55-52-49-46-43-40-37-34-27-24-21-18-15-12-9-6-3)69-63(66)57-54-51-48-45-42-39-36-32-29-26-23-20-17-14-11-8-5-2/h7,10,16,18-19,21,25-29,31,33-34,36,38-39,41,45,47-48,50,60H,4-6,8-9,11-15,17,20,22-24,30,32,35,37,40,42-44,46,49,51-59H2,1-3H3/b10-7-,19-16-,21-18-,28-25-,29-26-,33-31-,34-27-,39-36-,41-38-,48-45-,50-47-/t60-/m0/s1. The largest absolute Gasteiger partial charge is 0.462 e. The van der Waals surface area contributed by atoms with Crippen molar-refractivity contribution in [1.29, 1.82) is 0 Å². The van der Waals surface area contributed by atoms with E-state index in [0.29, 0.717) is 19.3 Å². The van der Waals surface area contributed by atoms with E-state index >= 15 is 0 Å². The number of carbonyl (C=O) groups excluding carboxylic acids is 3. The molecule has 1 atom stereocenters. The van der Waals surface area contributed by atoms with Crippen LogP contribution in [0.1, 0.15) is 226 Å². The lowest BCUT2D eigenvalue weighted by molar-refractivity contribution is -0.166. The summed E-state index contributed by atoms with van der Waals surface area (Å²) in [6.07, 6.45) is 78.8. The highest BCUT2D eigenvalue weighted by Gasteiger charge is 2.19. The summed E-state index contributed by atoms with van der Waals surface area (Å²) in [5.41, 5.74) is 0. The summed E-state index contributed by atoms with van der Waals surface area (Å²) in [4.78, 5) is 38.1. The number of unbranched alkanes of at least 4 members (excludes halogenated alkanes) is 15. The Balaban J connectivity index is 4.62. The van der Waals surface area contributed by atoms with E-state index in [1.165, 1.54) is 70.6 Å². The maximum Gasteiger partial charge on any atom is 0.306 e. The van der Waals surface area contributed by atoms with Gasteiger partial charge in [0.2, 0.25) is 0 Å². The van der Waals surface area contributed by atoms with Crippen molar-refractivity contribution in [3.05, 3.63) is 134 Å². The lowest BCUT2D eigenvalue weighted by atomic mass is 10.1. The quantitative estimate of drug-likeness (QED) is 0.0262. The molecule has 0 aliphatic rings. The van der Waals surface area contributed by atoms with Crippen molar-refractivity contribution < 1.29 is 28.6 Å². The van der Waals surface area contributed by atoms with Gasteiger partial charge in [-0.25, -0.2) is 0 Å². The van der Waals surface area contributed by atoms with Gasteiger partial charge in [0.05, 0.1) is 0 Å². The average molecular weight is 953 g/mol. The molecule has 0 saturated carbocycles. The van der Waals surface area contributed by atoms with Crippen molar-refractivity contribution in [2.45, 2.75) is 232 Å². The zero-order valence-electron chi connectivity index (χ0n) is 44.3. The van der Waals surface area contributed by atoms with E-state index in [0.717, 1.165) is 103 Å². The molecular formula is C63H100O6. The summed E-state index contributed by atoms with van der Waals surface area (Å²) in [6, 6.07) is 0. The van der Waals surface area contributed by atoms with E-state index in [1.807, 2.05) is 12.2 Å². The predicted molar refractivity (Wildman–Crippen MR) is 297 cm³/mol. The van der Waals surface area contributed by atoms with E-state index in [-0.39, 0.29) is 44.0 Å². The van der Waals surface area contributed by atoms with Crippen molar-refractivity contribution in [3.8, 4) is 0 Å². The van der Waals surface area contributed by atoms with Gasteiger partial charge in [0.25, 0.3) is 0 Å². The molecule has 0 bridgehead atoms. The molecule has 0 aromatic heterocycles. The van der Waals surface area contributed by atoms with Crippen molar-refractivity contribution >= 4 is 17.9 Å². The average Bonchev–Trinajstić information content (AvgIpc) is 3.35. The third kappa shape index (κ3) is 54.4. The van der Waals surface area contributed by atoms with Gasteiger partial charge in [-0.2, -0.15) is 0 Å². The fourth-order valence-corrected chi connectivity index (χ4v) is 6.98. The Morgan fingerprint density at radius 3 is 1.04 bits per heavy atom. The van der Waals surface area contributed by atoms with Crippen LogP contribution in [-0.4, -0.2) is 37.2 Å². The molecule has 6 heteroatoms. The first kappa shape index (κ1) is 64.5. The third-order valence-electron chi connectivity index (χ3n) is 11.1. The first-order valence-electron chi connectivity index (χ1n) is 27.7. The molecule has 69 heavy (non-hydrogen) atoms. The summed E-state index contributed by atoms with van der Waals surface area (Å²) < 4.78 is 16.7. The lowest BCUT2D eigenvalue weighted by Gasteiger charge is -2.18. The molecule has 388 valence electrons. The Hall–Kier alpha value is -4.45. The summed E-state index contributed by atoms with van der Waals surface area (Å²) in [7, 11) is 0. The fraction of sp³-hybridized carbons (Fsp3) is 0.603. The molecule has 0 radical (unpaired) electrons. The lowest BCUT2D eigenvalue weighted by Crippen LogP contribution is -2.30. The van der Waals surface area contributed by atoms with Crippen LogP contribution in [0.2, 0.25) is 0 Å². The van der Waals surface area contributed by atoms with Crippen LogP contribution in [0.25, 0.3) is 0 Å². The molecular weight excluding hydrogens is 853 g/mol. The minimum atomic E-state index is -0.846. The minimum Gasteiger partial charge on any atom is -0.462 e. The zero-order chi connectivity index (χ0) is 50.0. The van der Waals surface area contributed by atoms with Gasteiger partial charge in [-0.1, -0.05) is 219 Å². The number of rotatable bonds is 48. The number of carbonyl (C=O) groups is 3. The van der Waals surface area contributed by atoms with Gasteiger partial charge in [0, 0.05) is 19.3 Å². The second-order valence-electron chi connectivity index (χ2n) is 17.7. The number of esters is 3. The van der Waals surface area contributed by atoms with E-state index in [2.05, 4.69) is 142 Å². The monoisotopic (exact) mass is 953 g/mol. The van der Waals surface area contributed by atoms with Gasteiger partial charge in [-0.05, 0) is 122 Å². The molecule has 0 aromatic carbocycles. The second-order valence-corrected chi connectivity index (χ2v) is 17.7. The number of hydrogen-bond acceptors (Lipinski definition) is 6. The number of ether oxygens (including phenoxy) is 3. The summed E-state index contributed by atoms with van der Waals surface area (Å²) in [6.45, 7) is 6.36. The zero-order valence-corrected chi connectivity index (χ0v) is 44.3. The van der Waals surface area contributed by atoms with Crippen LogP contribution in [0.15, 0.2) is 134 Å². The van der Waals surface area contributed by atoms with Crippen LogP contribution in [0.5, 0.6) is 0 Å². The van der Waals surface area contributed by atoms with Crippen LogP contribution in [-0.2, 0) is 28.6 Å². The molecule has 0 saturated heterocycles. The summed E-state index contributed by atoms with van der Waals surface area (Å²) in [5.74, 6) is -1.09. The van der Waals surface area contributed by atoms with E-state index < -0.39 is 6.10 Å². The highest BCUT2D eigenvalue weighted by molar-refractivity contribution is 5.71. The van der Waals surface area contributed by atoms with Crippen LogP contribution < -0.4 is 0 Å². The van der Waals surface area contributed by atoms with Gasteiger partial charge < -0.3 is 14.2 Å². The molecule has 0 spiro atoms. The van der Waals surface area contributed by atoms with Gasteiger partial charge in [0.1, 0.15) is 13.2 Å². The predicted octanol–water partition coefficient (Wildman–Crippen LogP) is 18.6. The van der Waals surface area contributed by atoms with Crippen LogP contribution >= 0.6 is 0 Å². The Labute approximate surface area is 424 Å². The van der Waals surface area contributed by atoms with Crippen LogP contribution in [0.3, 0.4) is 0 Å². The van der Waals surface area contributed by atoms with Gasteiger partial charge >= 0.3 is 17.9 Å². The van der Waals surface area contributed by atoms with E-state index in [1.54, 1.807) is 0 Å². The SMILES string of the molecule is CC/C=C\C/C=C\C/C=C\C/C=C\C/C=C\C/C=C\CCC(=O)OC[C@H](COC(=O)CCCCCCC/C=C\C/C=C\CCCCC)OC(=O)CCC/C=C\C/C=C\C/C=C\CCCCCCCC. The Kier molecular flexibility index (Phi) is 52.5. The van der Waals surface area contributed by atoms with Crippen molar-refractivity contribution in [2.24, 2.45) is 0 Å². The van der Waals surface area contributed by atoms with E-state index in [4.69, 9.17) is 14.2 Å². The first-order chi connectivity index (χ1) is 34.0. The van der Waals surface area contributed by atoms with Crippen molar-refractivity contribution in [1.82, 2.24) is 0 Å². The second kappa shape index (κ2) is 56.1. The molecule has 0 aromatic rings. The highest BCUT2D eigenvalue weighted by Crippen LogP contribution is 2.11. The molecule has 0 N–H and O–H groups in total. The maximum absolute atomic E-state index is 12.8. The Morgan fingerprint density at radius 2 is 0.609 bits per heavy atom. The van der Waals surface area contributed by atoms with Gasteiger partial charge in [-0.15, -0.1) is 0 Å². The maximum atomic E-state index is 12.8. The van der Waals surface area contributed by atoms with Gasteiger partial charge in [0.15, 0.2) is 6.10 Å². The van der Waals surface area contributed by atoms with Crippen LogP contribution in [0.4, 0.5) is 0 Å². The van der Waals surface area contributed by atoms with Crippen LogP contribution in [0, 0.1) is 0 Å².